The van der Waals surface area contributed by atoms with Crippen molar-refractivity contribution in [2.75, 3.05) is 23.8 Å². The van der Waals surface area contributed by atoms with Crippen LogP contribution in [0.5, 0.6) is 0 Å². The average Bonchev–Trinajstić information content (AvgIpc) is 2.41. The number of rotatable bonds is 4. The van der Waals surface area contributed by atoms with Gasteiger partial charge in [-0.1, -0.05) is 23.8 Å². The lowest BCUT2D eigenvalue weighted by atomic mass is 10.2. The molecular weight excluding hydrogens is 250 g/mol. The van der Waals surface area contributed by atoms with Crippen LogP contribution >= 0.6 is 0 Å². The number of benzene rings is 1. The molecule has 0 fully saturated rings. The third-order valence-corrected chi connectivity index (χ3v) is 3.13. The van der Waals surface area contributed by atoms with E-state index < -0.39 is 0 Å². The summed E-state index contributed by atoms with van der Waals surface area (Å²) in [6.45, 7) is 2.33. The van der Waals surface area contributed by atoms with Crippen molar-refractivity contribution in [2.45, 2.75) is 6.92 Å². The third kappa shape index (κ3) is 3.57. The second kappa shape index (κ2) is 6.19. The summed E-state index contributed by atoms with van der Waals surface area (Å²) in [6.07, 6.45) is 1.96. The maximum absolute atomic E-state index is 12.0. The van der Waals surface area contributed by atoms with E-state index in [1.54, 1.807) is 0 Å². The van der Waals surface area contributed by atoms with Crippen molar-refractivity contribution in [1.29, 1.82) is 0 Å². The second-order valence-corrected chi connectivity index (χ2v) is 4.94. The first-order chi connectivity index (χ1) is 9.56. The van der Waals surface area contributed by atoms with Gasteiger partial charge in [-0.05, 0) is 25.1 Å². The molecule has 4 nitrogen and oxygen atoms in total. The van der Waals surface area contributed by atoms with Gasteiger partial charge in [-0.2, -0.15) is 0 Å². The first-order valence-electron chi connectivity index (χ1n) is 6.58. The predicted octanol–water partition coefficient (Wildman–Crippen LogP) is 1.89. The number of carbonyl (C=O) groups is 1. The summed E-state index contributed by atoms with van der Waals surface area (Å²) in [7, 11) is 3.87. The maximum Gasteiger partial charge on any atom is 0.276 e. The summed E-state index contributed by atoms with van der Waals surface area (Å²) in [4.78, 5) is 14.0. The van der Waals surface area contributed by atoms with Crippen molar-refractivity contribution in [1.82, 2.24) is 0 Å². The highest BCUT2D eigenvalue weighted by Crippen LogP contribution is 2.09. The normalized spacial score (nSPS) is 10.2. The fourth-order valence-electron chi connectivity index (χ4n) is 2.04. The zero-order chi connectivity index (χ0) is 14.5. The van der Waals surface area contributed by atoms with E-state index in [1.165, 1.54) is 5.56 Å². The fourth-order valence-corrected chi connectivity index (χ4v) is 2.04. The van der Waals surface area contributed by atoms with Crippen molar-refractivity contribution in [3.63, 3.8) is 0 Å². The Bertz CT molecular complexity index is 593. The minimum atomic E-state index is -0.0276. The van der Waals surface area contributed by atoms with Gasteiger partial charge in [-0.25, -0.2) is 4.57 Å². The lowest BCUT2D eigenvalue weighted by Crippen LogP contribution is -2.40. The van der Waals surface area contributed by atoms with Gasteiger partial charge < -0.3 is 5.32 Å². The minimum absolute atomic E-state index is 0.0276. The van der Waals surface area contributed by atoms with Crippen LogP contribution in [0, 0.1) is 6.92 Å². The highest BCUT2D eigenvalue weighted by Gasteiger charge is 2.16. The van der Waals surface area contributed by atoms with Crippen LogP contribution in [-0.2, 0) is 11.8 Å². The molecular formula is C16H20N3O+. The molecule has 0 atom stereocenters. The van der Waals surface area contributed by atoms with Crippen molar-refractivity contribution < 1.29 is 9.36 Å². The highest BCUT2D eigenvalue weighted by atomic mass is 16.2. The Morgan fingerprint density at radius 3 is 2.55 bits per heavy atom. The van der Waals surface area contributed by atoms with Gasteiger partial charge in [0.2, 0.25) is 0 Å². The van der Waals surface area contributed by atoms with Crippen LogP contribution in [0.25, 0.3) is 0 Å². The molecule has 1 N–H and O–H groups in total. The zero-order valence-corrected chi connectivity index (χ0v) is 12.1. The summed E-state index contributed by atoms with van der Waals surface area (Å²) in [5.41, 5.74) is 2.00. The Labute approximate surface area is 119 Å². The molecule has 1 heterocycles. The van der Waals surface area contributed by atoms with Gasteiger partial charge in [0.05, 0.1) is 20.3 Å². The summed E-state index contributed by atoms with van der Waals surface area (Å²) in [5.74, 6) is 0.965. The SMILES string of the molecule is Cc1ccc(NC(=O)CN(C)c2cccc[n+]2C)cc1. The zero-order valence-electron chi connectivity index (χ0n) is 12.1. The van der Waals surface area contributed by atoms with Crippen LogP contribution in [0.4, 0.5) is 11.5 Å². The molecule has 0 aliphatic heterocycles. The Morgan fingerprint density at radius 2 is 1.90 bits per heavy atom. The van der Waals surface area contributed by atoms with Gasteiger partial charge in [-0.15, -0.1) is 0 Å². The summed E-state index contributed by atoms with van der Waals surface area (Å²) < 4.78 is 1.99. The first-order valence-corrected chi connectivity index (χ1v) is 6.58. The Hall–Kier alpha value is -2.36. The molecule has 2 rings (SSSR count). The van der Waals surface area contributed by atoms with Crippen LogP contribution in [0.15, 0.2) is 48.7 Å². The number of nitrogens with zero attached hydrogens (tertiary/aromatic N) is 2. The molecule has 1 aromatic carbocycles. The molecule has 0 saturated carbocycles. The average molecular weight is 270 g/mol. The van der Waals surface area contributed by atoms with E-state index in [0.717, 1.165) is 11.5 Å². The molecule has 0 aliphatic carbocycles. The number of pyridine rings is 1. The van der Waals surface area contributed by atoms with E-state index in [2.05, 4.69) is 5.32 Å². The number of carbonyl (C=O) groups excluding carboxylic acids is 1. The lowest BCUT2D eigenvalue weighted by molar-refractivity contribution is -0.658. The van der Waals surface area contributed by atoms with E-state index in [9.17, 15) is 4.79 Å². The molecule has 104 valence electrons. The molecule has 1 aromatic heterocycles. The minimum Gasteiger partial charge on any atom is -0.323 e. The molecule has 1 amide bonds. The molecule has 20 heavy (non-hydrogen) atoms. The Morgan fingerprint density at radius 1 is 1.20 bits per heavy atom. The topological polar surface area (TPSA) is 36.2 Å². The number of aryl methyl sites for hydroxylation is 2. The third-order valence-electron chi connectivity index (χ3n) is 3.13. The largest absolute Gasteiger partial charge is 0.323 e. The maximum atomic E-state index is 12.0. The van der Waals surface area contributed by atoms with Crippen LogP contribution in [0.1, 0.15) is 5.56 Å². The summed E-state index contributed by atoms with van der Waals surface area (Å²) in [6, 6.07) is 13.7. The number of likely N-dealkylation sites (N-methyl/N-ethyl adjacent to an activating group) is 1. The number of aromatic nitrogens is 1. The van der Waals surface area contributed by atoms with Gasteiger partial charge in [0.25, 0.3) is 11.7 Å². The number of hydrogen-bond donors (Lipinski definition) is 1. The molecule has 0 aliphatic rings. The molecule has 2 aromatic rings. The van der Waals surface area contributed by atoms with E-state index in [-0.39, 0.29) is 5.91 Å². The summed E-state index contributed by atoms with van der Waals surface area (Å²) >= 11 is 0. The van der Waals surface area contributed by atoms with Gasteiger partial charge in [0.1, 0.15) is 0 Å². The van der Waals surface area contributed by atoms with E-state index >= 15 is 0 Å². The standard InChI is InChI=1S/C16H19N3O/c1-13-7-9-14(10-8-13)17-15(20)12-19(3)16-6-4-5-11-18(16)2/h4-11H,12H2,1-3H3/p+1. The first kappa shape index (κ1) is 14.1. The van der Waals surface area contributed by atoms with Gasteiger partial charge in [-0.3, -0.25) is 9.69 Å². The number of hydrogen-bond acceptors (Lipinski definition) is 2. The predicted molar refractivity (Wildman–Crippen MR) is 80.7 cm³/mol. The van der Waals surface area contributed by atoms with E-state index in [4.69, 9.17) is 0 Å². The quantitative estimate of drug-likeness (QED) is 0.861. The number of nitrogens with one attached hydrogen (secondary N) is 1. The molecule has 0 radical (unpaired) electrons. The van der Waals surface area contributed by atoms with Gasteiger partial charge in [0, 0.05) is 11.8 Å². The van der Waals surface area contributed by atoms with Gasteiger partial charge in [0.15, 0.2) is 6.54 Å². The van der Waals surface area contributed by atoms with Crippen molar-refractivity contribution in [3.05, 3.63) is 54.2 Å². The molecule has 0 saturated heterocycles. The van der Waals surface area contributed by atoms with Crippen molar-refractivity contribution in [3.8, 4) is 0 Å². The monoisotopic (exact) mass is 270 g/mol. The van der Waals surface area contributed by atoms with Crippen LogP contribution in [-0.4, -0.2) is 19.5 Å². The Kier molecular flexibility index (Phi) is 4.35. The smallest absolute Gasteiger partial charge is 0.276 e. The molecule has 0 bridgehead atoms. The van der Waals surface area contributed by atoms with Crippen LogP contribution in [0.2, 0.25) is 0 Å². The van der Waals surface area contributed by atoms with Gasteiger partial charge >= 0.3 is 0 Å². The Balaban J connectivity index is 1.98. The lowest BCUT2D eigenvalue weighted by Gasteiger charge is -2.13. The number of amides is 1. The highest BCUT2D eigenvalue weighted by molar-refractivity contribution is 5.93. The van der Waals surface area contributed by atoms with Crippen molar-refractivity contribution in [2.24, 2.45) is 7.05 Å². The molecule has 0 spiro atoms. The fraction of sp³-hybridized carbons (Fsp3) is 0.250. The second-order valence-electron chi connectivity index (χ2n) is 4.94. The van der Waals surface area contributed by atoms with E-state index in [0.29, 0.717) is 6.54 Å². The molecule has 4 heteroatoms. The number of anilines is 2. The van der Waals surface area contributed by atoms with Crippen LogP contribution < -0.4 is 14.8 Å². The van der Waals surface area contributed by atoms with Crippen molar-refractivity contribution >= 4 is 17.4 Å². The van der Waals surface area contributed by atoms with Crippen LogP contribution in [0.3, 0.4) is 0 Å². The molecule has 0 unspecified atom stereocenters. The van der Waals surface area contributed by atoms with E-state index in [1.807, 2.05) is 79.1 Å². The summed E-state index contributed by atoms with van der Waals surface area (Å²) in [5, 5.41) is 2.90.